The van der Waals surface area contributed by atoms with Crippen molar-refractivity contribution in [2.45, 2.75) is 31.5 Å². The number of hydrogen-bond donors (Lipinski definition) is 1. The number of methoxy groups -OCH3 is 1. The number of hydrazone groups is 1. The summed E-state index contributed by atoms with van der Waals surface area (Å²) in [5, 5.41) is 3.89. The summed E-state index contributed by atoms with van der Waals surface area (Å²) in [6, 6.07) is 22.0. The maximum atomic E-state index is 12.3. The van der Waals surface area contributed by atoms with Crippen molar-refractivity contribution >= 4 is 39.8 Å². The first-order valence-corrected chi connectivity index (χ1v) is 12.3. The van der Waals surface area contributed by atoms with E-state index in [1.807, 2.05) is 49.4 Å². The third kappa shape index (κ3) is 7.65. The molecule has 0 spiro atoms. The zero-order valence-corrected chi connectivity index (χ0v) is 21.3. The number of thioether (sulfide) groups is 1. The molecule has 1 amide bonds. The molecule has 0 saturated carbocycles. The number of halogens is 1. The number of nitrogens with one attached hydrogen (secondary N) is 1. The summed E-state index contributed by atoms with van der Waals surface area (Å²) in [6.07, 6.45) is 1.59. The van der Waals surface area contributed by atoms with E-state index in [2.05, 4.69) is 57.6 Å². The first-order chi connectivity index (χ1) is 16.0. The number of rotatable bonds is 10. The summed E-state index contributed by atoms with van der Waals surface area (Å²) in [4.78, 5) is 12.3. The van der Waals surface area contributed by atoms with E-state index in [-0.39, 0.29) is 11.2 Å². The lowest BCUT2D eigenvalue weighted by atomic mass is 10.2. The van der Waals surface area contributed by atoms with Crippen molar-refractivity contribution < 1.29 is 14.3 Å². The molecule has 0 bridgehead atoms. The molecule has 0 aliphatic heterocycles. The van der Waals surface area contributed by atoms with Gasteiger partial charge in [0, 0.05) is 5.75 Å². The van der Waals surface area contributed by atoms with Gasteiger partial charge in [-0.2, -0.15) is 5.10 Å². The Morgan fingerprint density at radius 1 is 1.12 bits per heavy atom. The van der Waals surface area contributed by atoms with Crippen LogP contribution < -0.4 is 14.9 Å². The Morgan fingerprint density at radius 3 is 2.55 bits per heavy atom. The first kappa shape index (κ1) is 24.9. The molecule has 1 atom stereocenters. The third-order valence-electron chi connectivity index (χ3n) is 4.86. The van der Waals surface area contributed by atoms with Gasteiger partial charge >= 0.3 is 0 Å². The summed E-state index contributed by atoms with van der Waals surface area (Å²) < 4.78 is 12.2. The van der Waals surface area contributed by atoms with Crippen LogP contribution in [-0.4, -0.2) is 24.5 Å². The fraction of sp³-hybridized carbons (Fsp3) is 0.231. The first-order valence-electron chi connectivity index (χ1n) is 10.5. The van der Waals surface area contributed by atoms with Gasteiger partial charge in [-0.05, 0) is 58.6 Å². The zero-order chi connectivity index (χ0) is 23.6. The topological polar surface area (TPSA) is 59.9 Å². The lowest BCUT2D eigenvalue weighted by molar-refractivity contribution is -0.120. The minimum atomic E-state index is -0.221. The molecule has 5 nitrogen and oxygen atoms in total. The quantitative estimate of drug-likeness (QED) is 0.255. The Kier molecular flexibility index (Phi) is 9.39. The molecular formula is C26H27BrN2O3S. The van der Waals surface area contributed by atoms with Gasteiger partial charge in [0.1, 0.15) is 6.61 Å². The van der Waals surface area contributed by atoms with Gasteiger partial charge in [-0.1, -0.05) is 60.2 Å². The molecule has 3 rings (SSSR count). The number of aryl methyl sites for hydroxylation is 1. The van der Waals surface area contributed by atoms with Crippen molar-refractivity contribution in [2.75, 3.05) is 7.11 Å². The molecule has 7 heteroatoms. The number of carbonyl (C=O) groups excluding carboxylic acids is 1. The van der Waals surface area contributed by atoms with E-state index >= 15 is 0 Å². The van der Waals surface area contributed by atoms with Crippen LogP contribution in [0.4, 0.5) is 0 Å². The standard InChI is InChI=1S/C26H27BrN2O3S/c1-18-9-11-20(12-10-18)16-32-25-23(27)13-22(14-24(25)31-3)15-28-29-26(30)19(2)33-17-21-7-5-4-6-8-21/h4-15,19H,16-17H2,1-3H3,(H,29,30)/b28-15-/t19-/m0/s1. The Morgan fingerprint density at radius 2 is 1.85 bits per heavy atom. The average Bonchev–Trinajstić information content (AvgIpc) is 2.83. The van der Waals surface area contributed by atoms with Gasteiger partial charge in [-0.3, -0.25) is 4.79 Å². The zero-order valence-electron chi connectivity index (χ0n) is 18.9. The molecule has 0 heterocycles. The van der Waals surface area contributed by atoms with E-state index in [0.29, 0.717) is 18.1 Å². The van der Waals surface area contributed by atoms with Crippen molar-refractivity contribution in [2.24, 2.45) is 5.10 Å². The highest BCUT2D eigenvalue weighted by atomic mass is 79.9. The van der Waals surface area contributed by atoms with E-state index in [4.69, 9.17) is 9.47 Å². The number of amides is 1. The molecule has 0 unspecified atom stereocenters. The highest BCUT2D eigenvalue weighted by molar-refractivity contribution is 9.10. The molecule has 172 valence electrons. The third-order valence-corrected chi connectivity index (χ3v) is 6.66. The van der Waals surface area contributed by atoms with Crippen LogP contribution in [0.15, 0.2) is 76.3 Å². The van der Waals surface area contributed by atoms with E-state index < -0.39 is 0 Å². The van der Waals surface area contributed by atoms with Crippen LogP contribution in [0.1, 0.15) is 29.2 Å². The summed E-state index contributed by atoms with van der Waals surface area (Å²) in [5.41, 5.74) is 6.85. The maximum absolute atomic E-state index is 12.3. The maximum Gasteiger partial charge on any atom is 0.252 e. The number of nitrogens with zero attached hydrogens (tertiary/aromatic N) is 1. The molecule has 0 aliphatic carbocycles. The van der Waals surface area contributed by atoms with E-state index in [1.54, 1.807) is 25.1 Å². The van der Waals surface area contributed by atoms with Crippen molar-refractivity contribution in [3.05, 3.63) is 93.5 Å². The number of carbonyl (C=O) groups is 1. The number of ether oxygens (including phenoxy) is 2. The molecular weight excluding hydrogens is 500 g/mol. The van der Waals surface area contributed by atoms with Gasteiger partial charge in [0.25, 0.3) is 5.91 Å². The normalized spacial score (nSPS) is 11.9. The molecule has 0 saturated heterocycles. The second-order valence-electron chi connectivity index (χ2n) is 7.48. The summed E-state index contributed by atoms with van der Waals surface area (Å²) >= 11 is 5.12. The van der Waals surface area contributed by atoms with Crippen molar-refractivity contribution in [3.63, 3.8) is 0 Å². The van der Waals surface area contributed by atoms with Gasteiger partial charge in [0.15, 0.2) is 11.5 Å². The minimum Gasteiger partial charge on any atom is -0.493 e. The van der Waals surface area contributed by atoms with Crippen LogP contribution in [0.5, 0.6) is 11.5 Å². The Bertz CT molecular complexity index is 1090. The second-order valence-corrected chi connectivity index (χ2v) is 9.66. The molecule has 3 aromatic carbocycles. The minimum absolute atomic E-state index is 0.142. The van der Waals surface area contributed by atoms with Crippen molar-refractivity contribution in [3.8, 4) is 11.5 Å². The van der Waals surface area contributed by atoms with Crippen LogP contribution in [0, 0.1) is 6.92 Å². The van der Waals surface area contributed by atoms with Crippen LogP contribution in [0.3, 0.4) is 0 Å². The van der Waals surface area contributed by atoms with Crippen LogP contribution >= 0.6 is 27.7 Å². The van der Waals surface area contributed by atoms with Gasteiger partial charge in [0.2, 0.25) is 0 Å². The van der Waals surface area contributed by atoms with E-state index in [0.717, 1.165) is 21.4 Å². The van der Waals surface area contributed by atoms with Gasteiger partial charge in [-0.25, -0.2) is 5.43 Å². The molecule has 33 heavy (non-hydrogen) atoms. The molecule has 1 N–H and O–H groups in total. The number of benzene rings is 3. The highest BCUT2D eigenvalue weighted by Gasteiger charge is 2.14. The monoisotopic (exact) mass is 526 g/mol. The summed E-state index contributed by atoms with van der Waals surface area (Å²) in [7, 11) is 1.59. The molecule has 0 aliphatic rings. The Labute approximate surface area is 207 Å². The number of hydrogen-bond acceptors (Lipinski definition) is 5. The van der Waals surface area contributed by atoms with Gasteiger partial charge < -0.3 is 9.47 Å². The van der Waals surface area contributed by atoms with Crippen molar-refractivity contribution in [1.82, 2.24) is 5.43 Å². The highest BCUT2D eigenvalue weighted by Crippen LogP contribution is 2.36. The molecule has 0 aromatic heterocycles. The van der Waals surface area contributed by atoms with Crippen LogP contribution in [0.2, 0.25) is 0 Å². The molecule has 0 fully saturated rings. The van der Waals surface area contributed by atoms with Crippen molar-refractivity contribution in [1.29, 1.82) is 0 Å². The predicted octanol–water partition coefficient (Wildman–Crippen LogP) is 6.12. The second kappa shape index (κ2) is 12.5. The van der Waals surface area contributed by atoms with E-state index in [1.165, 1.54) is 11.1 Å². The largest absolute Gasteiger partial charge is 0.493 e. The summed E-state index contributed by atoms with van der Waals surface area (Å²) in [5.74, 6) is 1.82. The smallest absolute Gasteiger partial charge is 0.252 e. The van der Waals surface area contributed by atoms with Crippen LogP contribution in [0.25, 0.3) is 0 Å². The SMILES string of the molecule is COc1cc(/C=N\NC(=O)[C@H](C)SCc2ccccc2)cc(Br)c1OCc1ccc(C)cc1. The lowest BCUT2D eigenvalue weighted by Crippen LogP contribution is -2.27. The fourth-order valence-corrected chi connectivity index (χ4v) is 4.34. The fourth-order valence-electron chi connectivity index (χ4n) is 2.93. The Balaban J connectivity index is 1.56. The predicted molar refractivity (Wildman–Crippen MR) is 139 cm³/mol. The lowest BCUT2D eigenvalue weighted by Gasteiger charge is -2.14. The van der Waals surface area contributed by atoms with E-state index in [9.17, 15) is 4.79 Å². The summed E-state index contributed by atoms with van der Waals surface area (Å²) in [6.45, 7) is 4.35. The average molecular weight is 527 g/mol. The van der Waals surface area contributed by atoms with Crippen LogP contribution in [-0.2, 0) is 17.2 Å². The molecule has 0 radical (unpaired) electrons. The molecule has 3 aromatic rings. The van der Waals surface area contributed by atoms with Gasteiger partial charge in [0.05, 0.1) is 23.0 Å². The Hall–Kier alpha value is -2.77. The van der Waals surface area contributed by atoms with Gasteiger partial charge in [-0.15, -0.1) is 11.8 Å².